The zero-order chi connectivity index (χ0) is 16.0. The topological polar surface area (TPSA) is 65.8 Å². The van der Waals surface area contributed by atoms with Crippen LogP contribution in [0.4, 0.5) is 0 Å². The third-order valence-corrected chi connectivity index (χ3v) is 4.13. The molecule has 23 heavy (non-hydrogen) atoms. The standard InChI is InChI=1S/C18H16N4O/c1-21-10-14(18(19)23)13-7-8-16-15(17(13)21)11-22(20-16)9-12-5-3-2-4-6-12/h2-8,10-11H,9H2,1H3,(H2,19,23). The fourth-order valence-corrected chi connectivity index (χ4v) is 3.10. The van der Waals surface area contributed by atoms with Crippen molar-refractivity contribution in [1.82, 2.24) is 14.3 Å². The molecule has 2 aromatic heterocycles. The van der Waals surface area contributed by atoms with Crippen LogP contribution in [0.2, 0.25) is 0 Å². The van der Waals surface area contributed by atoms with E-state index in [0.717, 1.165) is 21.8 Å². The average molecular weight is 304 g/mol. The van der Waals surface area contributed by atoms with Crippen molar-refractivity contribution in [1.29, 1.82) is 0 Å². The Balaban J connectivity index is 1.88. The Hall–Kier alpha value is -3.08. The number of amides is 1. The number of nitrogens with two attached hydrogens (primary N) is 1. The maximum atomic E-state index is 11.6. The molecule has 0 aliphatic rings. The van der Waals surface area contributed by atoms with Crippen molar-refractivity contribution >= 4 is 27.7 Å². The van der Waals surface area contributed by atoms with E-state index >= 15 is 0 Å². The average Bonchev–Trinajstić information content (AvgIpc) is 3.08. The van der Waals surface area contributed by atoms with E-state index in [1.165, 1.54) is 5.56 Å². The third-order valence-electron chi connectivity index (χ3n) is 4.13. The monoisotopic (exact) mass is 304 g/mol. The molecule has 4 aromatic rings. The number of hydrogen-bond donors (Lipinski definition) is 1. The first-order valence-corrected chi connectivity index (χ1v) is 7.42. The van der Waals surface area contributed by atoms with Crippen LogP contribution in [-0.2, 0) is 13.6 Å². The van der Waals surface area contributed by atoms with Crippen LogP contribution in [0, 0.1) is 0 Å². The summed E-state index contributed by atoms with van der Waals surface area (Å²) in [6.45, 7) is 0.712. The molecule has 0 bridgehead atoms. The number of primary amides is 1. The predicted octanol–water partition coefficient (Wildman–Crippen LogP) is 2.68. The van der Waals surface area contributed by atoms with Crippen molar-refractivity contribution < 1.29 is 4.79 Å². The van der Waals surface area contributed by atoms with Gasteiger partial charge >= 0.3 is 0 Å². The zero-order valence-electron chi connectivity index (χ0n) is 12.7. The van der Waals surface area contributed by atoms with E-state index in [4.69, 9.17) is 5.73 Å². The van der Waals surface area contributed by atoms with Gasteiger partial charge in [-0.3, -0.25) is 9.48 Å². The normalized spacial score (nSPS) is 11.3. The lowest BCUT2D eigenvalue weighted by atomic mass is 10.1. The minimum absolute atomic E-state index is 0.411. The van der Waals surface area contributed by atoms with Gasteiger partial charge in [-0.25, -0.2) is 0 Å². The highest BCUT2D eigenvalue weighted by Gasteiger charge is 2.15. The molecular formula is C18H16N4O. The Bertz CT molecular complexity index is 1030. The molecule has 5 nitrogen and oxygen atoms in total. The van der Waals surface area contributed by atoms with Gasteiger partial charge in [0, 0.05) is 30.2 Å². The minimum atomic E-state index is -0.411. The fraction of sp³-hybridized carbons (Fsp3) is 0.111. The molecule has 0 saturated carbocycles. The predicted molar refractivity (Wildman–Crippen MR) is 90.3 cm³/mol. The largest absolute Gasteiger partial charge is 0.366 e. The molecule has 2 N–H and O–H groups in total. The SMILES string of the molecule is Cn1cc(C(N)=O)c2ccc3nn(Cc4ccccc4)cc3c21. The lowest BCUT2D eigenvalue weighted by Gasteiger charge is -2.00. The lowest BCUT2D eigenvalue weighted by molar-refractivity contribution is 0.100. The lowest BCUT2D eigenvalue weighted by Crippen LogP contribution is -2.09. The van der Waals surface area contributed by atoms with Crippen LogP contribution < -0.4 is 5.73 Å². The highest BCUT2D eigenvalue weighted by Crippen LogP contribution is 2.28. The first-order valence-electron chi connectivity index (χ1n) is 7.42. The van der Waals surface area contributed by atoms with Crippen molar-refractivity contribution in [3.63, 3.8) is 0 Å². The summed E-state index contributed by atoms with van der Waals surface area (Å²) in [5.41, 5.74) is 9.10. The van der Waals surface area contributed by atoms with Gasteiger partial charge < -0.3 is 10.3 Å². The molecule has 2 heterocycles. The summed E-state index contributed by atoms with van der Waals surface area (Å²) in [5, 5.41) is 6.53. The maximum Gasteiger partial charge on any atom is 0.250 e. The second-order valence-corrected chi connectivity index (χ2v) is 5.72. The van der Waals surface area contributed by atoms with Crippen molar-refractivity contribution in [2.75, 3.05) is 0 Å². The van der Waals surface area contributed by atoms with Gasteiger partial charge in [0.2, 0.25) is 0 Å². The highest BCUT2D eigenvalue weighted by molar-refractivity contribution is 6.13. The molecule has 2 aromatic carbocycles. The minimum Gasteiger partial charge on any atom is -0.366 e. The smallest absolute Gasteiger partial charge is 0.250 e. The highest BCUT2D eigenvalue weighted by atomic mass is 16.1. The molecular weight excluding hydrogens is 288 g/mol. The zero-order valence-corrected chi connectivity index (χ0v) is 12.7. The van der Waals surface area contributed by atoms with Gasteiger partial charge in [-0.1, -0.05) is 30.3 Å². The van der Waals surface area contributed by atoms with Crippen molar-refractivity contribution in [3.8, 4) is 0 Å². The molecule has 0 fully saturated rings. The van der Waals surface area contributed by atoms with E-state index in [2.05, 4.69) is 17.2 Å². The Kier molecular flexibility index (Phi) is 2.94. The number of rotatable bonds is 3. The van der Waals surface area contributed by atoms with Crippen molar-refractivity contribution in [3.05, 3.63) is 66.0 Å². The van der Waals surface area contributed by atoms with Crippen molar-refractivity contribution in [2.45, 2.75) is 6.54 Å². The summed E-state index contributed by atoms with van der Waals surface area (Å²) in [4.78, 5) is 11.6. The quantitative estimate of drug-likeness (QED) is 0.632. The van der Waals surface area contributed by atoms with Gasteiger partial charge in [-0.2, -0.15) is 5.10 Å². The number of aromatic nitrogens is 3. The fourth-order valence-electron chi connectivity index (χ4n) is 3.10. The van der Waals surface area contributed by atoms with Crippen LogP contribution in [0.1, 0.15) is 15.9 Å². The molecule has 0 aliphatic heterocycles. The molecule has 114 valence electrons. The Labute approximate surface area is 132 Å². The number of carbonyl (C=O) groups excluding carboxylic acids is 1. The Morgan fingerprint density at radius 3 is 2.61 bits per heavy atom. The molecule has 0 spiro atoms. The van der Waals surface area contributed by atoms with Gasteiger partial charge in [0.25, 0.3) is 5.91 Å². The second-order valence-electron chi connectivity index (χ2n) is 5.72. The van der Waals surface area contributed by atoms with E-state index in [1.807, 2.05) is 52.8 Å². The van der Waals surface area contributed by atoms with E-state index in [9.17, 15) is 4.79 Å². The number of fused-ring (bicyclic) bond motifs is 3. The number of aryl methyl sites for hydroxylation is 1. The second kappa shape index (κ2) is 4.98. The molecule has 0 unspecified atom stereocenters. The van der Waals surface area contributed by atoms with Crippen LogP contribution in [-0.4, -0.2) is 20.3 Å². The summed E-state index contributed by atoms with van der Waals surface area (Å²) in [6.07, 6.45) is 3.80. The molecule has 0 radical (unpaired) electrons. The maximum absolute atomic E-state index is 11.6. The summed E-state index contributed by atoms with van der Waals surface area (Å²) in [5.74, 6) is -0.411. The van der Waals surface area contributed by atoms with Crippen LogP contribution >= 0.6 is 0 Å². The molecule has 0 atom stereocenters. The molecule has 4 rings (SSSR count). The number of carbonyl (C=O) groups is 1. The van der Waals surface area contributed by atoms with Gasteiger partial charge in [0.1, 0.15) is 0 Å². The number of hydrogen-bond acceptors (Lipinski definition) is 2. The van der Waals surface area contributed by atoms with E-state index in [0.29, 0.717) is 12.1 Å². The molecule has 1 amide bonds. The summed E-state index contributed by atoms with van der Waals surface area (Å²) >= 11 is 0. The first kappa shape index (κ1) is 13.6. The van der Waals surface area contributed by atoms with E-state index in [-0.39, 0.29) is 0 Å². The number of benzene rings is 2. The first-order chi connectivity index (χ1) is 11.1. The van der Waals surface area contributed by atoms with Gasteiger partial charge in [0.15, 0.2) is 0 Å². The third kappa shape index (κ3) is 2.17. The summed E-state index contributed by atoms with van der Waals surface area (Å²) < 4.78 is 3.86. The number of nitrogens with zero attached hydrogens (tertiary/aromatic N) is 3. The Morgan fingerprint density at radius 2 is 1.87 bits per heavy atom. The van der Waals surface area contributed by atoms with E-state index < -0.39 is 5.91 Å². The van der Waals surface area contributed by atoms with Crippen molar-refractivity contribution in [2.24, 2.45) is 12.8 Å². The van der Waals surface area contributed by atoms with Gasteiger partial charge in [-0.15, -0.1) is 0 Å². The van der Waals surface area contributed by atoms with Gasteiger partial charge in [-0.05, 0) is 17.7 Å². The van der Waals surface area contributed by atoms with Crippen LogP contribution in [0.5, 0.6) is 0 Å². The molecule has 5 heteroatoms. The van der Waals surface area contributed by atoms with E-state index in [1.54, 1.807) is 6.20 Å². The Morgan fingerprint density at radius 1 is 1.09 bits per heavy atom. The summed E-state index contributed by atoms with van der Waals surface area (Å²) in [7, 11) is 1.92. The van der Waals surface area contributed by atoms with Gasteiger partial charge in [0.05, 0.1) is 23.1 Å². The molecule has 0 saturated heterocycles. The van der Waals surface area contributed by atoms with Crippen LogP contribution in [0.15, 0.2) is 54.9 Å². The van der Waals surface area contributed by atoms with Crippen LogP contribution in [0.25, 0.3) is 21.8 Å². The van der Waals surface area contributed by atoms with Crippen LogP contribution in [0.3, 0.4) is 0 Å². The molecule has 0 aliphatic carbocycles. The summed E-state index contributed by atoms with van der Waals surface area (Å²) in [6, 6.07) is 14.1.